The molecular formula is C17H22N2O6S2. The van der Waals surface area contributed by atoms with Crippen LogP contribution in [0.25, 0.3) is 0 Å². The van der Waals surface area contributed by atoms with E-state index in [9.17, 15) is 16.8 Å². The Balaban J connectivity index is 1.92. The fraction of sp³-hybridized carbons (Fsp3) is 0.294. The minimum Gasteiger partial charge on any atom is -0.495 e. The Hall–Kier alpha value is -2.14. The number of rotatable bonds is 10. The number of ether oxygens (including phenoxy) is 2. The van der Waals surface area contributed by atoms with Gasteiger partial charge in [-0.15, -0.1) is 0 Å². The molecule has 148 valence electrons. The van der Waals surface area contributed by atoms with Crippen molar-refractivity contribution in [2.45, 2.75) is 16.2 Å². The van der Waals surface area contributed by atoms with Gasteiger partial charge in [0.05, 0.1) is 14.2 Å². The molecule has 10 heteroatoms. The number of sulfonamides is 2. The molecule has 2 aromatic carbocycles. The largest absolute Gasteiger partial charge is 0.495 e. The Morgan fingerprint density at radius 3 is 1.44 bits per heavy atom. The highest BCUT2D eigenvalue weighted by Gasteiger charge is 2.20. The summed E-state index contributed by atoms with van der Waals surface area (Å²) in [6.07, 6.45) is 0.267. The Labute approximate surface area is 159 Å². The lowest BCUT2D eigenvalue weighted by molar-refractivity contribution is 0.402. The summed E-state index contributed by atoms with van der Waals surface area (Å²) in [6, 6.07) is 12.5. The molecule has 2 aromatic rings. The highest BCUT2D eigenvalue weighted by Crippen LogP contribution is 2.23. The van der Waals surface area contributed by atoms with Gasteiger partial charge in [-0.2, -0.15) is 0 Å². The molecule has 0 unspecified atom stereocenters. The van der Waals surface area contributed by atoms with Gasteiger partial charge in [0.25, 0.3) is 0 Å². The minimum atomic E-state index is -3.75. The van der Waals surface area contributed by atoms with Crippen molar-refractivity contribution < 1.29 is 26.3 Å². The molecule has 0 aliphatic rings. The Bertz CT molecular complexity index is 895. The maximum Gasteiger partial charge on any atom is 0.244 e. The second-order valence-corrected chi connectivity index (χ2v) is 8.92. The van der Waals surface area contributed by atoms with E-state index in [1.54, 1.807) is 36.4 Å². The van der Waals surface area contributed by atoms with Gasteiger partial charge in [0.15, 0.2) is 0 Å². The van der Waals surface area contributed by atoms with Crippen LogP contribution in [0.2, 0.25) is 0 Å². The van der Waals surface area contributed by atoms with Crippen LogP contribution in [0.3, 0.4) is 0 Å². The molecule has 0 bridgehead atoms. The van der Waals surface area contributed by atoms with Crippen molar-refractivity contribution in [3.05, 3.63) is 48.5 Å². The van der Waals surface area contributed by atoms with Crippen molar-refractivity contribution in [2.24, 2.45) is 0 Å². The van der Waals surface area contributed by atoms with Crippen LogP contribution in [0.4, 0.5) is 0 Å². The lowest BCUT2D eigenvalue weighted by Gasteiger charge is -2.12. The first kappa shape index (κ1) is 21.2. The maximum atomic E-state index is 12.3. The van der Waals surface area contributed by atoms with E-state index in [1.807, 2.05) is 0 Å². The van der Waals surface area contributed by atoms with E-state index < -0.39 is 20.0 Å². The standard InChI is InChI=1S/C17H22N2O6S2/c1-24-14-8-3-5-10-16(14)26(20,21)18-12-7-13-19-27(22,23)17-11-6-4-9-15(17)25-2/h3-6,8-11,18-19H,7,12-13H2,1-2H3. The third-order valence-electron chi connectivity index (χ3n) is 3.65. The summed E-state index contributed by atoms with van der Waals surface area (Å²) in [5, 5.41) is 0. The zero-order chi connectivity index (χ0) is 19.9. The first-order valence-corrected chi connectivity index (χ1v) is 11.0. The normalized spacial score (nSPS) is 11.9. The van der Waals surface area contributed by atoms with Crippen molar-refractivity contribution in [3.8, 4) is 11.5 Å². The molecule has 2 rings (SSSR count). The summed E-state index contributed by atoms with van der Waals surface area (Å²) in [5.74, 6) is 0.476. The molecule has 0 spiro atoms. The summed E-state index contributed by atoms with van der Waals surface area (Å²) in [5.41, 5.74) is 0. The summed E-state index contributed by atoms with van der Waals surface area (Å²) >= 11 is 0. The van der Waals surface area contributed by atoms with E-state index in [0.717, 1.165) is 0 Å². The molecular weight excluding hydrogens is 392 g/mol. The van der Waals surface area contributed by atoms with Gasteiger partial charge in [0.1, 0.15) is 21.3 Å². The molecule has 0 radical (unpaired) electrons. The predicted octanol–water partition coefficient (Wildman–Crippen LogP) is 1.35. The summed E-state index contributed by atoms with van der Waals surface area (Å²) < 4.78 is 64.3. The van der Waals surface area contributed by atoms with Crippen LogP contribution in [-0.4, -0.2) is 44.1 Å². The Morgan fingerprint density at radius 1 is 0.704 bits per heavy atom. The lowest BCUT2D eigenvalue weighted by Crippen LogP contribution is -2.30. The van der Waals surface area contributed by atoms with Crippen LogP contribution in [-0.2, 0) is 20.0 Å². The van der Waals surface area contributed by atoms with E-state index in [-0.39, 0.29) is 40.8 Å². The molecule has 0 saturated heterocycles. The third kappa shape index (κ3) is 5.42. The van der Waals surface area contributed by atoms with Gasteiger partial charge in [-0.1, -0.05) is 24.3 Å². The van der Waals surface area contributed by atoms with E-state index in [1.165, 1.54) is 26.4 Å². The van der Waals surface area contributed by atoms with Crippen molar-refractivity contribution in [1.29, 1.82) is 0 Å². The number of benzene rings is 2. The summed E-state index contributed by atoms with van der Waals surface area (Å²) in [6.45, 7) is 0.129. The quantitative estimate of drug-likeness (QED) is 0.568. The molecule has 8 nitrogen and oxygen atoms in total. The average Bonchev–Trinajstić information content (AvgIpc) is 2.67. The fourth-order valence-corrected chi connectivity index (χ4v) is 4.82. The van der Waals surface area contributed by atoms with E-state index >= 15 is 0 Å². The predicted molar refractivity (Wildman–Crippen MR) is 101 cm³/mol. The van der Waals surface area contributed by atoms with Crippen molar-refractivity contribution in [1.82, 2.24) is 9.44 Å². The number of nitrogens with one attached hydrogen (secondary N) is 2. The van der Waals surface area contributed by atoms with E-state index in [4.69, 9.17) is 9.47 Å². The van der Waals surface area contributed by atoms with Crippen molar-refractivity contribution in [3.63, 3.8) is 0 Å². The Morgan fingerprint density at radius 2 is 1.07 bits per heavy atom. The van der Waals surface area contributed by atoms with Gasteiger partial charge < -0.3 is 9.47 Å². The monoisotopic (exact) mass is 414 g/mol. The maximum absolute atomic E-state index is 12.3. The molecule has 0 atom stereocenters. The Kier molecular flexibility index (Phi) is 7.19. The third-order valence-corrected chi connectivity index (χ3v) is 6.66. The van der Waals surface area contributed by atoms with E-state index in [0.29, 0.717) is 0 Å². The summed E-state index contributed by atoms with van der Waals surface area (Å²) in [4.78, 5) is 0.0594. The van der Waals surface area contributed by atoms with Crippen LogP contribution in [0.5, 0.6) is 11.5 Å². The number of para-hydroxylation sites is 2. The SMILES string of the molecule is COc1ccccc1S(=O)(=O)NCCCNS(=O)(=O)c1ccccc1OC. The van der Waals surface area contributed by atoms with Gasteiger partial charge in [0.2, 0.25) is 20.0 Å². The van der Waals surface area contributed by atoms with Crippen molar-refractivity contribution >= 4 is 20.0 Å². The molecule has 27 heavy (non-hydrogen) atoms. The second-order valence-electron chi connectivity index (χ2n) is 5.45. The highest BCUT2D eigenvalue weighted by atomic mass is 32.2. The topological polar surface area (TPSA) is 111 Å². The fourth-order valence-electron chi connectivity index (χ4n) is 2.34. The van der Waals surface area contributed by atoms with Crippen LogP contribution >= 0.6 is 0 Å². The van der Waals surface area contributed by atoms with Crippen LogP contribution in [0.15, 0.2) is 58.3 Å². The lowest BCUT2D eigenvalue weighted by atomic mass is 10.3. The van der Waals surface area contributed by atoms with Gasteiger partial charge in [-0.25, -0.2) is 26.3 Å². The van der Waals surface area contributed by atoms with Gasteiger partial charge in [0, 0.05) is 13.1 Å². The number of hydrogen-bond donors (Lipinski definition) is 2. The molecule has 0 amide bonds. The molecule has 0 aliphatic heterocycles. The second kappa shape index (κ2) is 9.18. The van der Waals surface area contributed by atoms with Crippen molar-refractivity contribution in [2.75, 3.05) is 27.3 Å². The number of hydrogen-bond acceptors (Lipinski definition) is 6. The molecule has 0 aliphatic carbocycles. The van der Waals surface area contributed by atoms with Gasteiger partial charge in [-0.3, -0.25) is 0 Å². The van der Waals surface area contributed by atoms with Crippen LogP contribution < -0.4 is 18.9 Å². The minimum absolute atomic E-state index is 0.0297. The smallest absolute Gasteiger partial charge is 0.244 e. The molecule has 0 aromatic heterocycles. The van der Waals surface area contributed by atoms with Gasteiger partial charge >= 0.3 is 0 Å². The average molecular weight is 415 g/mol. The van der Waals surface area contributed by atoms with Crippen LogP contribution in [0.1, 0.15) is 6.42 Å². The van der Waals surface area contributed by atoms with E-state index in [2.05, 4.69) is 9.44 Å². The number of methoxy groups -OCH3 is 2. The zero-order valence-electron chi connectivity index (χ0n) is 15.0. The zero-order valence-corrected chi connectivity index (χ0v) is 16.6. The van der Waals surface area contributed by atoms with Crippen LogP contribution in [0, 0.1) is 0 Å². The van der Waals surface area contributed by atoms with Gasteiger partial charge in [-0.05, 0) is 30.7 Å². The first-order chi connectivity index (χ1) is 12.8. The molecule has 2 N–H and O–H groups in total. The first-order valence-electron chi connectivity index (χ1n) is 8.07. The summed E-state index contributed by atoms with van der Waals surface area (Å²) in [7, 11) is -4.73. The molecule has 0 saturated carbocycles. The molecule has 0 fully saturated rings. The highest BCUT2D eigenvalue weighted by molar-refractivity contribution is 7.90. The molecule has 0 heterocycles.